The second-order valence-electron chi connectivity index (χ2n) is 5.85. The Balaban J connectivity index is 1.86. The molecule has 0 unspecified atom stereocenters. The summed E-state index contributed by atoms with van der Waals surface area (Å²) < 4.78 is 14.5. The number of hydrogen-bond acceptors (Lipinski definition) is 6. The molecule has 2 amide bonds. The van der Waals surface area contributed by atoms with Crippen LogP contribution in [-0.2, 0) is 6.54 Å². The number of fused-ring (bicyclic) bond motifs is 1. The number of hydrazine groups is 1. The fraction of sp³-hybridized carbons (Fsp3) is 0.111. The molecule has 0 bridgehead atoms. The first-order valence-electron chi connectivity index (χ1n) is 8.38. The number of carbonyl (C=O) groups excluding carboxylic acids is 2. The van der Waals surface area contributed by atoms with E-state index in [1.807, 2.05) is 0 Å². The van der Waals surface area contributed by atoms with Gasteiger partial charge in [0.1, 0.15) is 0 Å². The number of nitrogens with one attached hydrogen (secondary N) is 2. The van der Waals surface area contributed by atoms with E-state index in [-0.39, 0.29) is 28.7 Å². The zero-order valence-electron chi connectivity index (χ0n) is 15.0. The van der Waals surface area contributed by atoms with Gasteiger partial charge in [-0.2, -0.15) is 9.49 Å². The predicted octanol–water partition coefficient (Wildman–Crippen LogP) is 1.54. The Hall–Kier alpha value is -4.15. The van der Waals surface area contributed by atoms with E-state index in [1.165, 1.54) is 0 Å². The molecule has 3 rings (SSSR count). The number of amides is 2. The molecule has 148 valence electrons. The Kier molecular flexibility index (Phi) is 5.30. The quantitative estimate of drug-likeness (QED) is 0.504. The van der Waals surface area contributed by atoms with E-state index in [9.17, 15) is 28.9 Å². The smallest absolute Gasteiger partial charge is 0.267 e. The van der Waals surface area contributed by atoms with E-state index in [0.717, 1.165) is 22.9 Å². The van der Waals surface area contributed by atoms with Crippen molar-refractivity contribution in [1.29, 1.82) is 0 Å². The van der Waals surface area contributed by atoms with E-state index in [4.69, 9.17) is 0 Å². The molecule has 0 saturated heterocycles. The van der Waals surface area contributed by atoms with Crippen molar-refractivity contribution in [3.63, 3.8) is 0 Å². The van der Waals surface area contributed by atoms with Gasteiger partial charge in [0.15, 0.2) is 5.69 Å². The predicted molar refractivity (Wildman–Crippen MR) is 99.7 cm³/mol. The first-order chi connectivity index (χ1) is 13.8. The lowest BCUT2D eigenvalue weighted by atomic mass is 10.1. The molecule has 0 aliphatic heterocycles. The van der Waals surface area contributed by atoms with Crippen LogP contribution in [0.1, 0.15) is 27.8 Å². The van der Waals surface area contributed by atoms with Gasteiger partial charge in [0, 0.05) is 23.6 Å². The summed E-state index contributed by atoms with van der Waals surface area (Å²) in [4.78, 5) is 46.8. The van der Waals surface area contributed by atoms with Crippen LogP contribution >= 0.6 is 0 Å². The van der Waals surface area contributed by atoms with Gasteiger partial charge in [0.25, 0.3) is 17.4 Å². The molecule has 0 atom stereocenters. The maximum Gasteiger partial charge on any atom is 0.305 e. The lowest BCUT2D eigenvalue weighted by Gasteiger charge is -2.11. The molecule has 2 N–H and O–H groups in total. The molecule has 3 aromatic rings. The number of benzene rings is 2. The van der Waals surface area contributed by atoms with Gasteiger partial charge in [-0.3, -0.25) is 35.3 Å². The van der Waals surface area contributed by atoms with Crippen LogP contribution in [0.3, 0.4) is 0 Å². The molecule has 1 heterocycles. The molecule has 0 aliphatic rings. The lowest BCUT2D eigenvalue weighted by Crippen LogP contribution is -2.42. The van der Waals surface area contributed by atoms with Crippen molar-refractivity contribution in [3.05, 3.63) is 80.0 Å². The summed E-state index contributed by atoms with van der Waals surface area (Å²) in [6.07, 6.45) is 0. The minimum absolute atomic E-state index is 0.0903. The number of carbonyl (C=O) groups is 2. The highest BCUT2D eigenvalue weighted by Gasteiger charge is 2.20. The fourth-order valence-electron chi connectivity index (χ4n) is 2.66. The molecule has 11 heteroatoms. The number of rotatable bonds is 4. The summed E-state index contributed by atoms with van der Waals surface area (Å²) in [7, 11) is 0. The van der Waals surface area contributed by atoms with Crippen molar-refractivity contribution in [2.45, 2.75) is 13.5 Å². The summed E-state index contributed by atoms with van der Waals surface area (Å²) >= 11 is 0. The Morgan fingerprint density at radius 1 is 1.14 bits per heavy atom. The maximum absolute atomic E-state index is 13.4. The van der Waals surface area contributed by atoms with Crippen LogP contribution in [0.5, 0.6) is 0 Å². The topological polar surface area (TPSA) is 136 Å². The molecule has 29 heavy (non-hydrogen) atoms. The number of nitro benzene ring substituents is 1. The molecular formula is C18H14FN5O5. The van der Waals surface area contributed by atoms with Gasteiger partial charge >= 0.3 is 5.69 Å². The van der Waals surface area contributed by atoms with Gasteiger partial charge in [-0.25, -0.2) is 4.68 Å². The van der Waals surface area contributed by atoms with Gasteiger partial charge in [0.05, 0.1) is 10.3 Å². The van der Waals surface area contributed by atoms with Crippen LogP contribution < -0.4 is 16.4 Å². The summed E-state index contributed by atoms with van der Waals surface area (Å²) in [6.45, 7) is 1.92. The molecule has 1 aromatic heterocycles. The van der Waals surface area contributed by atoms with Crippen LogP contribution in [0.15, 0.2) is 47.3 Å². The fourth-order valence-corrected chi connectivity index (χ4v) is 2.66. The van der Waals surface area contributed by atoms with Crippen LogP contribution in [0.4, 0.5) is 10.1 Å². The molecule has 0 saturated carbocycles. The Labute approximate surface area is 162 Å². The summed E-state index contributed by atoms with van der Waals surface area (Å²) in [5, 5.41) is 15.4. The number of aromatic nitrogens is 2. The summed E-state index contributed by atoms with van der Waals surface area (Å²) in [5.41, 5.74) is 2.69. The largest absolute Gasteiger partial charge is 0.305 e. The average molecular weight is 399 g/mol. The lowest BCUT2D eigenvalue weighted by molar-refractivity contribution is -0.387. The molecule has 0 aliphatic carbocycles. The SMILES string of the molecule is CCn1nc(C(=O)NNC(=O)c2ccc(F)c([N+](=O)[O-])c2)c2ccccc2c1=O. The minimum atomic E-state index is -1.09. The van der Waals surface area contributed by atoms with Gasteiger partial charge in [0.2, 0.25) is 5.82 Å². The first-order valence-corrected chi connectivity index (χ1v) is 8.38. The van der Waals surface area contributed by atoms with E-state index in [2.05, 4.69) is 16.0 Å². The van der Waals surface area contributed by atoms with Gasteiger partial charge in [-0.1, -0.05) is 18.2 Å². The highest BCUT2D eigenvalue weighted by atomic mass is 19.1. The van der Waals surface area contributed by atoms with Crippen molar-refractivity contribution in [1.82, 2.24) is 20.6 Å². The van der Waals surface area contributed by atoms with Crippen LogP contribution in [0.2, 0.25) is 0 Å². The van der Waals surface area contributed by atoms with Gasteiger partial charge < -0.3 is 0 Å². The molecule has 10 nitrogen and oxygen atoms in total. The number of nitrogens with zero attached hydrogens (tertiary/aromatic N) is 3. The van der Waals surface area contributed by atoms with Gasteiger partial charge in [-0.15, -0.1) is 0 Å². The number of aryl methyl sites for hydroxylation is 1. The molecule has 0 radical (unpaired) electrons. The van der Waals surface area contributed by atoms with E-state index in [0.29, 0.717) is 5.39 Å². The number of hydrogen-bond donors (Lipinski definition) is 2. The standard InChI is InChI=1S/C18H14FN5O5/c1-2-23-18(27)12-6-4-3-5-11(12)15(22-23)17(26)21-20-16(25)10-7-8-13(19)14(9-10)24(28)29/h3-9H,2H2,1H3,(H,20,25)(H,21,26). The number of nitro groups is 1. The van der Waals surface area contributed by atoms with Crippen molar-refractivity contribution < 1.29 is 18.9 Å². The van der Waals surface area contributed by atoms with Crippen LogP contribution in [0, 0.1) is 15.9 Å². The summed E-state index contributed by atoms with van der Waals surface area (Å²) in [5.74, 6) is -2.78. The van der Waals surface area contributed by atoms with Crippen molar-refractivity contribution >= 4 is 28.3 Å². The maximum atomic E-state index is 13.4. The third-order valence-corrected chi connectivity index (χ3v) is 4.08. The Bertz CT molecular complexity index is 1210. The molecule has 2 aromatic carbocycles. The summed E-state index contributed by atoms with van der Waals surface area (Å²) in [6, 6.07) is 8.95. The first kappa shape index (κ1) is 19.6. The minimum Gasteiger partial charge on any atom is -0.267 e. The van der Waals surface area contributed by atoms with E-state index >= 15 is 0 Å². The van der Waals surface area contributed by atoms with E-state index < -0.39 is 28.2 Å². The van der Waals surface area contributed by atoms with Crippen LogP contribution in [-0.4, -0.2) is 26.5 Å². The molecule has 0 fully saturated rings. The van der Waals surface area contributed by atoms with Gasteiger partial charge in [-0.05, 0) is 25.1 Å². The monoisotopic (exact) mass is 399 g/mol. The van der Waals surface area contributed by atoms with E-state index in [1.54, 1.807) is 31.2 Å². The van der Waals surface area contributed by atoms with Crippen molar-refractivity contribution in [2.75, 3.05) is 0 Å². The second-order valence-corrected chi connectivity index (χ2v) is 5.85. The zero-order chi connectivity index (χ0) is 21.1. The highest BCUT2D eigenvalue weighted by Crippen LogP contribution is 2.18. The highest BCUT2D eigenvalue weighted by molar-refractivity contribution is 6.06. The Morgan fingerprint density at radius 3 is 2.45 bits per heavy atom. The third-order valence-electron chi connectivity index (χ3n) is 4.08. The zero-order valence-corrected chi connectivity index (χ0v) is 15.0. The van der Waals surface area contributed by atoms with Crippen molar-refractivity contribution in [2.24, 2.45) is 0 Å². The molecule has 0 spiro atoms. The molecular weight excluding hydrogens is 385 g/mol. The second kappa shape index (κ2) is 7.84. The van der Waals surface area contributed by atoms with Crippen LogP contribution in [0.25, 0.3) is 10.8 Å². The number of halogens is 1. The Morgan fingerprint density at radius 2 is 1.79 bits per heavy atom. The van der Waals surface area contributed by atoms with Crippen molar-refractivity contribution in [3.8, 4) is 0 Å². The third kappa shape index (κ3) is 3.78. The average Bonchev–Trinajstić information content (AvgIpc) is 2.72. The normalized spacial score (nSPS) is 10.6.